The van der Waals surface area contributed by atoms with Crippen molar-refractivity contribution in [2.75, 3.05) is 6.54 Å². The molecule has 2 aromatic rings. The quantitative estimate of drug-likeness (QED) is 0.753. The van der Waals surface area contributed by atoms with Crippen molar-refractivity contribution in [2.24, 2.45) is 11.3 Å². The second-order valence-corrected chi connectivity index (χ2v) is 7.68. The molecular weight excluding hydrogens is 316 g/mol. The molecule has 1 heterocycles. The van der Waals surface area contributed by atoms with Gasteiger partial charge in [-0.3, -0.25) is 9.59 Å². The number of imidazole rings is 1. The fourth-order valence-electron chi connectivity index (χ4n) is 2.47. The van der Waals surface area contributed by atoms with Gasteiger partial charge >= 0.3 is 0 Å². The number of hydrogen-bond donors (Lipinski definition) is 3. The van der Waals surface area contributed by atoms with Gasteiger partial charge < -0.3 is 15.6 Å². The van der Waals surface area contributed by atoms with Crippen LogP contribution in [-0.4, -0.2) is 28.3 Å². The van der Waals surface area contributed by atoms with Crippen LogP contribution in [0.5, 0.6) is 0 Å². The molecule has 0 spiro atoms. The molecule has 0 bridgehead atoms. The molecule has 0 aliphatic carbocycles. The third-order valence-electron chi connectivity index (χ3n) is 4.00. The Hall–Kier alpha value is -2.37. The summed E-state index contributed by atoms with van der Waals surface area (Å²) in [5.74, 6) is 0.781. The van der Waals surface area contributed by atoms with Crippen LogP contribution in [0.4, 0.5) is 0 Å². The lowest BCUT2D eigenvalue weighted by Crippen LogP contribution is -2.38. The van der Waals surface area contributed by atoms with Crippen molar-refractivity contribution in [3.63, 3.8) is 0 Å². The SMILES string of the molecule is CC(C)C(NC(=O)CCNC(=O)C(C)(C)C)c1nc2ccccc2[nH]1. The Bertz CT molecular complexity index is 710. The number of nitrogens with one attached hydrogen (secondary N) is 3. The van der Waals surface area contributed by atoms with Gasteiger partial charge in [0.2, 0.25) is 11.8 Å². The number of amides is 2. The van der Waals surface area contributed by atoms with Crippen LogP contribution in [0.25, 0.3) is 11.0 Å². The van der Waals surface area contributed by atoms with Gasteiger partial charge in [-0.05, 0) is 18.1 Å². The zero-order chi connectivity index (χ0) is 18.6. The summed E-state index contributed by atoms with van der Waals surface area (Å²) in [5, 5.41) is 5.82. The largest absolute Gasteiger partial charge is 0.355 e. The first-order chi connectivity index (χ1) is 11.7. The van der Waals surface area contributed by atoms with Crippen molar-refractivity contribution in [1.29, 1.82) is 0 Å². The molecule has 0 radical (unpaired) electrons. The average molecular weight is 344 g/mol. The normalized spacial score (nSPS) is 13.0. The second-order valence-electron chi connectivity index (χ2n) is 7.68. The van der Waals surface area contributed by atoms with Crippen LogP contribution in [0, 0.1) is 11.3 Å². The first-order valence-corrected chi connectivity index (χ1v) is 8.71. The van der Waals surface area contributed by atoms with Crippen LogP contribution in [0.3, 0.4) is 0 Å². The van der Waals surface area contributed by atoms with E-state index in [1.807, 2.05) is 58.9 Å². The molecule has 1 aromatic heterocycles. The van der Waals surface area contributed by atoms with Crippen molar-refractivity contribution >= 4 is 22.8 Å². The number of benzene rings is 1. The van der Waals surface area contributed by atoms with Gasteiger partial charge in [0.15, 0.2) is 0 Å². The highest BCUT2D eigenvalue weighted by molar-refractivity contribution is 5.82. The Balaban J connectivity index is 1.97. The number of para-hydroxylation sites is 2. The molecule has 1 unspecified atom stereocenters. The van der Waals surface area contributed by atoms with Crippen molar-refractivity contribution in [3.05, 3.63) is 30.1 Å². The van der Waals surface area contributed by atoms with Gasteiger partial charge in [0.25, 0.3) is 0 Å². The highest BCUT2D eigenvalue weighted by Gasteiger charge is 2.23. The topological polar surface area (TPSA) is 86.9 Å². The minimum Gasteiger partial charge on any atom is -0.355 e. The number of H-pyrrole nitrogens is 1. The fraction of sp³-hybridized carbons (Fsp3) is 0.526. The lowest BCUT2D eigenvalue weighted by molar-refractivity contribution is -0.128. The zero-order valence-corrected chi connectivity index (χ0v) is 15.6. The summed E-state index contributed by atoms with van der Waals surface area (Å²) in [7, 11) is 0. The molecule has 3 N–H and O–H groups in total. The van der Waals surface area contributed by atoms with Crippen LogP contribution in [0.1, 0.15) is 52.9 Å². The smallest absolute Gasteiger partial charge is 0.225 e. The van der Waals surface area contributed by atoms with Gasteiger partial charge in [0.05, 0.1) is 17.1 Å². The minimum atomic E-state index is -0.453. The molecule has 25 heavy (non-hydrogen) atoms. The summed E-state index contributed by atoms with van der Waals surface area (Å²) in [4.78, 5) is 32.0. The summed E-state index contributed by atoms with van der Waals surface area (Å²) in [5.41, 5.74) is 1.38. The van der Waals surface area contributed by atoms with Gasteiger partial charge in [0, 0.05) is 18.4 Å². The number of fused-ring (bicyclic) bond motifs is 1. The van der Waals surface area contributed by atoms with E-state index < -0.39 is 5.41 Å². The summed E-state index contributed by atoms with van der Waals surface area (Å²) in [6, 6.07) is 7.60. The van der Waals surface area contributed by atoms with Crippen LogP contribution in [-0.2, 0) is 9.59 Å². The molecule has 0 fully saturated rings. The number of carbonyl (C=O) groups is 2. The van der Waals surface area contributed by atoms with E-state index in [9.17, 15) is 9.59 Å². The lowest BCUT2D eigenvalue weighted by Gasteiger charge is -2.21. The third-order valence-corrected chi connectivity index (χ3v) is 4.00. The summed E-state index contributed by atoms with van der Waals surface area (Å²) in [6.07, 6.45) is 0.241. The first kappa shape index (κ1) is 19.0. The molecule has 0 aliphatic heterocycles. The maximum Gasteiger partial charge on any atom is 0.225 e. The van der Waals surface area contributed by atoms with E-state index in [4.69, 9.17) is 0 Å². The molecule has 6 heteroatoms. The maximum absolute atomic E-state index is 12.3. The highest BCUT2D eigenvalue weighted by Crippen LogP contribution is 2.22. The molecular formula is C19H28N4O2. The number of aromatic nitrogens is 2. The molecule has 0 saturated carbocycles. The van der Waals surface area contributed by atoms with E-state index in [0.29, 0.717) is 6.54 Å². The van der Waals surface area contributed by atoms with Gasteiger partial charge in [-0.15, -0.1) is 0 Å². The number of nitrogens with zero attached hydrogens (tertiary/aromatic N) is 1. The second kappa shape index (κ2) is 7.68. The highest BCUT2D eigenvalue weighted by atomic mass is 16.2. The van der Waals surface area contributed by atoms with E-state index >= 15 is 0 Å². The summed E-state index contributed by atoms with van der Waals surface area (Å²) in [6.45, 7) is 9.95. The average Bonchev–Trinajstić information content (AvgIpc) is 2.94. The molecule has 6 nitrogen and oxygen atoms in total. The van der Waals surface area contributed by atoms with Crippen LogP contribution < -0.4 is 10.6 Å². The monoisotopic (exact) mass is 344 g/mol. The fourth-order valence-corrected chi connectivity index (χ4v) is 2.47. The Morgan fingerprint density at radius 3 is 2.48 bits per heavy atom. The number of carbonyl (C=O) groups excluding carboxylic acids is 2. The van der Waals surface area contributed by atoms with Crippen molar-refractivity contribution < 1.29 is 9.59 Å². The van der Waals surface area contributed by atoms with E-state index in [-0.39, 0.29) is 30.2 Å². The standard InChI is InChI=1S/C19H28N4O2/c1-12(2)16(17-21-13-8-6-7-9-14(13)22-17)23-15(24)10-11-20-18(25)19(3,4)5/h6-9,12,16H,10-11H2,1-5H3,(H,20,25)(H,21,22)(H,23,24). The van der Waals surface area contributed by atoms with E-state index in [0.717, 1.165) is 16.9 Å². The van der Waals surface area contributed by atoms with Gasteiger partial charge in [-0.25, -0.2) is 4.98 Å². The maximum atomic E-state index is 12.3. The van der Waals surface area contributed by atoms with Crippen LogP contribution in [0.2, 0.25) is 0 Å². The molecule has 1 aromatic carbocycles. The summed E-state index contributed by atoms with van der Waals surface area (Å²) >= 11 is 0. The Kier molecular flexibility index (Phi) is 5.82. The van der Waals surface area contributed by atoms with Gasteiger partial charge in [-0.2, -0.15) is 0 Å². The minimum absolute atomic E-state index is 0.0574. The molecule has 1 atom stereocenters. The van der Waals surface area contributed by atoms with Crippen molar-refractivity contribution in [2.45, 2.75) is 47.1 Å². The van der Waals surface area contributed by atoms with E-state index in [2.05, 4.69) is 20.6 Å². The van der Waals surface area contributed by atoms with Crippen molar-refractivity contribution in [3.8, 4) is 0 Å². The third kappa shape index (κ3) is 5.05. The van der Waals surface area contributed by atoms with E-state index in [1.54, 1.807) is 0 Å². The number of aromatic amines is 1. The lowest BCUT2D eigenvalue weighted by atomic mass is 9.96. The number of hydrogen-bond acceptors (Lipinski definition) is 3. The molecule has 2 amide bonds. The predicted molar refractivity (Wildman–Crippen MR) is 98.9 cm³/mol. The van der Waals surface area contributed by atoms with Crippen LogP contribution >= 0.6 is 0 Å². The number of rotatable bonds is 6. The summed E-state index contributed by atoms with van der Waals surface area (Å²) < 4.78 is 0. The van der Waals surface area contributed by atoms with Gasteiger partial charge in [-0.1, -0.05) is 46.8 Å². The molecule has 2 rings (SSSR count). The zero-order valence-electron chi connectivity index (χ0n) is 15.6. The van der Waals surface area contributed by atoms with Crippen molar-refractivity contribution in [1.82, 2.24) is 20.6 Å². The molecule has 136 valence electrons. The van der Waals surface area contributed by atoms with E-state index in [1.165, 1.54) is 0 Å². The predicted octanol–water partition coefficient (Wildman–Crippen LogP) is 2.93. The van der Waals surface area contributed by atoms with Gasteiger partial charge in [0.1, 0.15) is 5.82 Å². The Morgan fingerprint density at radius 1 is 1.20 bits per heavy atom. The Morgan fingerprint density at radius 2 is 1.88 bits per heavy atom. The van der Waals surface area contributed by atoms with Crippen LogP contribution in [0.15, 0.2) is 24.3 Å². The molecule has 0 aliphatic rings. The Labute approximate surface area is 148 Å². The molecule has 0 saturated heterocycles. The first-order valence-electron chi connectivity index (χ1n) is 8.71.